The van der Waals surface area contributed by atoms with Gasteiger partial charge in [-0.1, -0.05) is 42.5 Å². The van der Waals surface area contributed by atoms with Crippen LogP contribution in [-0.4, -0.2) is 17.0 Å². The van der Waals surface area contributed by atoms with E-state index < -0.39 is 11.7 Å². The maximum Gasteiger partial charge on any atom is 0.421 e. The van der Waals surface area contributed by atoms with E-state index >= 15 is 0 Å². The Morgan fingerprint density at radius 3 is 2.44 bits per heavy atom. The molecular formula is C20H18F3N3O. The predicted octanol–water partition coefficient (Wildman–Crippen LogP) is 5.15. The molecule has 0 bridgehead atoms. The number of alkyl halides is 3. The molecule has 7 heteroatoms. The standard InChI is InChI=1S/C20H18F3N3O/c1-14-7-6-10-16(11-14)26(2)18-17(20(21,22)23)12-24-19(25-18)27-13-15-8-4-3-5-9-15/h3-12H,13H2,1-2H3. The topological polar surface area (TPSA) is 38.2 Å². The van der Waals surface area contributed by atoms with E-state index in [1.54, 1.807) is 18.2 Å². The molecule has 0 unspecified atom stereocenters. The van der Waals surface area contributed by atoms with E-state index in [1.165, 1.54) is 11.9 Å². The van der Waals surface area contributed by atoms with Crippen LogP contribution in [0, 0.1) is 6.92 Å². The molecule has 0 N–H and O–H groups in total. The number of hydrogen-bond acceptors (Lipinski definition) is 4. The molecule has 0 aliphatic rings. The summed E-state index contributed by atoms with van der Waals surface area (Å²) in [5.74, 6) is -0.258. The van der Waals surface area contributed by atoms with E-state index in [1.807, 2.05) is 43.3 Å². The van der Waals surface area contributed by atoms with Gasteiger partial charge in [0.1, 0.15) is 12.2 Å². The molecule has 3 aromatic rings. The number of aryl methyl sites for hydroxylation is 1. The molecule has 0 saturated heterocycles. The molecule has 0 radical (unpaired) electrons. The number of benzene rings is 2. The van der Waals surface area contributed by atoms with Crippen LogP contribution in [-0.2, 0) is 12.8 Å². The van der Waals surface area contributed by atoms with Crippen LogP contribution >= 0.6 is 0 Å². The number of hydrogen-bond donors (Lipinski definition) is 0. The molecule has 3 rings (SSSR count). The number of anilines is 2. The molecule has 0 aliphatic carbocycles. The van der Waals surface area contributed by atoms with Gasteiger partial charge in [-0.05, 0) is 30.2 Å². The minimum absolute atomic E-state index is 0.110. The number of rotatable bonds is 5. The Balaban J connectivity index is 1.93. The molecule has 0 amide bonds. The lowest BCUT2D eigenvalue weighted by atomic mass is 10.2. The fraction of sp³-hybridized carbons (Fsp3) is 0.200. The van der Waals surface area contributed by atoms with Crippen molar-refractivity contribution < 1.29 is 17.9 Å². The van der Waals surface area contributed by atoms with Crippen LogP contribution in [0.5, 0.6) is 6.01 Å². The number of aromatic nitrogens is 2. The van der Waals surface area contributed by atoms with Crippen LogP contribution in [0.15, 0.2) is 60.8 Å². The maximum atomic E-state index is 13.4. The van der Waals surface area contributed by atoms with Gasteiger partial charge in [-0.3, -0.25) is 0 Å². The van der Waals surface area contributed by atoms with E-state index in [4.69, 9.17) is 4.74 Å². The van der Waals surface area contributed by atoms with Crippen LogP contribution in [0.4, 0.5) is 24.7 Å². The van der Waals surface area contributed by atoms with Crippen molar-refractivity contribution in [1.82, 2.24) is 9.97 Å². The zero-order chi connectivity index (χ0) is 19.4. The summed E-state index contributed by atoms with van der Waals surface area (Å²) in [4.78, 5) is 9.15. The zero-order valence-electron chi connectivity index (χ0n) is 14.9. The van der Waals surface area contributed by atoms with Gasteiger partial charge in [-0.15, -0.1) is 0 Å². The molecule has 1 aromatic heterocycles. The Morgan fingerprint density at radius 2 is 1.78 bits per heavy atom. The Labute approximate surface area is 155 Å². The van der Waals surface area contributed by atoms with E-state index in [-0.39, 0.29) is 18.4 Å². The summed E-state index contributed by atoms with van der Waals surface area (Å²) >= 11 is 0. The summed E-state index contributed by atoms with van der Waals surface area (Å²) in [7, 11) is 1.54. The summed E-state index contributed by atoms with van der Waals surface area (Å²) < 4.78 is 45.8. The normalized spacial score (nSPS) is 11.3. The molecule has 27 heavy (non-hydrogen) atoms. The molecule has 0 fully saturated rings. The molecule has 0 aliphatic heterocycles. The van der Waals surface area contributed by atoms with Crippen molar-refractivity contribution in [1.29, 1.82) is 0 Å². The van der Waals surface area contributed by atoms with Crippen molar-refractivity contribution >= 4 is 11.5 Å². The third kappa shape index (κ3) is 4.55. The van der Waals surface area contributed by atoms with E-state index in [0.29, 0.717) is 5.69 Å². The Bertz CT molecular complexity index is 914. The zero-order valence-corrected chi connectivity index (χ0v) is 14.9. The lowest BCUT2D eigenvalue weighted by Crippen LogP contribution is -2.19. The number of ether oxygens (including phenoxy) is 1. The Hall–Kier alpha value is -3.09. The van der Waals surface area contributed by atoms with Gasteiger partial charge in [0, 0.05) is 18.9 Å². The molecule has 0 atom stereocenters. The minimum Gasteiger partial charge on any atom is -0.459 e. The summed E-state index contributed by atoms with van der Waals surface area (Å²) in [5, 5.41) is 0. The van der Waals surface area contributed by atoms with Crippen LogP contribution in [0.25, 0.3) is 0 Å². The monoisotopic (exact) mass is 373 g/mol. The van der Waals surface area contributed by atoms with Crippen molar-refractivity contribution in [2.75, 3.05) is 11.9 Å². The molecular weight excluding hydrogens is 355 g/mol. The van der Waals surface area contributed by atoms with Gasteiger partial charge >= 0.3 is 12.2 Å². The highest BCUT2D eigenvalue weighted by molar-refractivity contribution is 5.63. The second-order valence-electron chi connectivity index (χ2n) is 6.06. The SMILES string of the molecule is Cc1cccc(N(C)c2nc(OCc3ccccc3)ncc2C(F)(F)F)c1. The van der Waals surface area contributed by atoms with Gasteiger partial charge in [0.2, 0.25) is 0 Å². The fourth-order valence-corrected chi connectivity index (χ4v) is 2.56. The number of halogens is 3. The van der Waals surface area contributed by atoms with E-state index in [9.17, 15) is 13.2 Å². The molecule has 140 valence electrons. The highest BCUT2D eigenvalue weighted by atomic mass is 19.4. The smallest absolute Gasteiger partial charge is 0.421 e. The van der Waals surface area contributed by atoms with Gasteiger partial charge in [-0.2, -0.15) is 18.2 Å². The third-order valence-electron chi connectivity index (χ3n) is 3.97. The molecule has 4 nitrogen and oxygen atoms in total. The van der Waals surface area contributed by atoms with Crippen molar-refractivity contribution in [2.24, 2.45) is 0 Å². The van der Waals surface area contributed by atoms with E-state index in [2.05, 4.69) is 9.97 Å². The van der Waals surface area contributed by atoms with Gasteiger partial charge in [-0.25, -0.2) is 4.98 Å². The molecule has 0 spiro atoms. The highest BCUT2D eigenvalue weighted by Crippen LogP contribution is 2.37. The first-order valence-corrected chi connectivity index (χ1v) is 8.26. The van der Waals surface area contributed by atoms with Gasteiger partial charge in [0.05, 0.1) is 0 Å². The van der Waals surface area contributed by atoms with Crippen LogP contribution in [0.3, 0.4) is 0 Å². The van der Waals surface area contributed by atoms with E-state index in [0.717, 1.165) is 17.3 Å². The van der Waals surface area contributed by atoms with Gasteiger partial charge in [0.15, 0.2) is 5.82 Å². The van der Waals surface area contributed by atoms with Crippen molar-refractivity contribution in [3.8, 4) is 6.01 Å². The first-order valence-electron chi connectivity index (χ1n) is 8.26. The average Bonchev–Trinajstić information content (AvgIpc) is 2.65. The summed E-state index contributed by atoms with van der Waals surface area (Å²) in [5.41, 5.74) is 1.48. The summed E-state index contributed by atoms with van der Waals surface area (Å²) in [6, 6.07) is 16.3. The lowest BCUT2D eigenvalue weighted by molar-refractivity contribution is -0.137. The second kappa shape index (κ2) is 7.65. The van der Waals surface area contributed by atoms with Crippen LogP contribution in [0.1, 0.15) is 16.7 Å². The van der Waals surface area contributed by atoms with Crippen LogP contribution < -0.4 is 9.64 Å². The molecule has 0 saturated carbocycles. The summed E-state index contributed by atoms with van der Waals surface area (Å²) in [6.45, 7) is 2.04. The van der Waals surface area contributed by atoms with Crippen molar-refractivity contribution in [2.45, 2.75) is 19.7 Å². The summed E-state index contributed by atoms with van der Waals surface area (Å²) in [6.07, 6.45) is -3.82. The van der Waals surface area contributed by atoms with Gasteiger partial charge in [0.25, 0.3) is 0 Å². The third-order valence-corrected chi connectivity index (χ3v) is 3.97. The molecule has 2 aromatic carbocycles. The maximum absolute atomic E-state index is 13.4. The molecule has 1 heterocycles. The van der Waals surface area contributed by atoms with Crippen molar-refractivity contribution in [3.05, 3.63) is 77.5 Å². The second-order valence-corrected chi connectivity index (χ2v) is 6.06. The Kier molecular flexibility index (Phi) is 5.30. The first kappa shape index (κ1) is 18.7. The van der Waals surface area contributed by atoms with Crippen LogP contribution in [0.2, 0.25) is 0 Å². The minimum atomic E-state index is -4.58. The number of nitrogens with zero attached hydrogens (tertiary/aromatic N) is 3. The largest absolute Gasteiger partial charge is 0.459 e. The quantitative estimate of drug-likeness (QED) is 0.620. The fourth-order valence-electron chi connectivity index (χ4n) is 2.56. The lowest BCUT2D eigenvalue weighted by Gasteiger charge is -2.23. The first-order chi connectivity index (χ1) is 12.8. The van der Waals surface area contributed by atoms with Gasteiger partial charge < -0.3 is 9.64 Å². The Morgan fingerprint density at radius 1 is 1.04 bits per heavy atom. The average molecular weight is 373 g/mol. The van der Waals surface area contributed by atoms with Crippen molar-refractivity contribution in [3.63, 3.8) is 0 Å². The highest BCUT2D eigenvalue weighted by Gasteiger charge is 2.36. The predicted molar refractivity (Wildman–Crippen MR) is 97.1 cm³/mol.